The van der Waals surface area contributed by atoms with Gasteiger partial charge in [-0.05, 0) is 57.5 Å². The van der Waals surface area contributed by atoms with Gasteiger partial charge in [-0.3, -0.25) is 0 Å². The highest BCUT2D eigenvalue weighted by atomic mass is 19.1. The maximum Gasteiger partial charge on any atom is 0.128 e. The molecule has 0 amide bonds. The first-order valence-electron chi connectivity index (χ1n) is 7.28. The van der Waals surface area contributed by atoms with E-state index in [1.807, 2.05) is 6.92 Å². The molecule has 0 aromatic heterocycles. The van der Waals surface area contributed by atoms with Crippen molar-refractivity contribution in [2.75, 3.05) is 20.1 Å². The standard InChI is InChI=1S/C16H24F2N2/c1-10-7-15(18)13(8-14(10)17)12(3)19-16-5-6-20(4)9-11(16)2/h7-8,11-12,16,19H,5-6,9H2,1-4H3. The zero-order valence-electron chi connectivity index (χ0n) is 12.7. The summed E-state index contributed by atoms with van der Waals surface area (Å²) in [6.45, 7) is 7.76. The van der Waals surface area contributed by atoms with Crippen LogP contribution < -0.4 is 5.32 Å². The van der Waals surface area contributed by atoms with Crippen LogP contribution >= 0.6 is 0 Å². The van der Waals surface area contributed by atoms with Gasteiger partial charge in [0.15, 0.2) is 0 Å². The number of hydrogen-bond donors (Lipinski definition) is 1. The first-order chi connectivity index (χ1) is 9.38. The van der Waals surface area contributed by atoms with Crippen molar-refractivity contribution in [1.29, 1.82) is 0 Å². The monoisotopic (exact) mass is 282 g/mol. The molecule has 2 rings (SSSR count). The van der Waals surface area contributed by atoms with E-state index in [0.29, 0.717) is 23.1 Å². The molecule has 1 saturated heterocycles. The summed E-state index contributed by atoms with van der Waals surface area (Å²) in [6.07, 6.45) is 1.04. The highest BCUT2D eigenvalue weighted by molar-refractivity contribution is 5.27. The van der Waals surface area contributed by atoms with Crippen LogP contribution in [0.25, 0.3) is 0 Å². The molecular weight excluding hydrogens is 258 g/mol. The number of aryl methyl sites for hydroxylation is 1. The van der Waals surface area contributed by atoms with Crippen molar-refractivity contribution in [1.82, 2.24) is 10.2 Å². The third-order valence-electron chi connectivity index (χ3n) is 4.32. The SMILES string of the molecule is Cc1cc(F)c(C(C)NC2CCN(C)CC2C)cc1F. The Morgan fingerprint density at radius 1 is 1.30 bits per heavy atom. The molecule has 112 valence electrons. The van der Waals surface area contributed by atoms with E-state index in [-0.39, 0.29) is 17.7 Å². The molecule has 3 unspecified atom stereocenters. The highest BCUT2D eigenvalue weighted by Crippen LogP contribution is 2.24. The number of benzene rings is 1. The number of hydrogen-bond acceptors (Lipinski definition) is 2. The Labute approximate surface area is 120 Å². The van der Waals surface area contributed by atoms with Gasteiger partial charge in [-0.15, -0.1) is 0 Å². The molecule has 20 heavy (non-hydrogen) atoms. The Morgan fingerprint density at radius 3 is 2.65 bits per heavy atom. The van der Waals surface area contributed by atoms with Gasteiger partial charge in [0, 0.05) is 24.2 Å². The van der Waals surface area contributed by atoms with Crippen molar-refractivity contribution in [3.8, 4) is 0 Å². The zero-order chi connectivity index (χ0) is 14.9. The lowest BCUT2D eigenvalue weighted by molar-refractivity contribution is 0.167. The molecule has 2 nitrogen and oxygen atoms in total. The average Bonchev–Trinajstić information content (AvgIpc) is 2.37. The van der Waals surface area contributed by atoms with Crippen molar-refractivity contribution in [3.63, 3.8) is 0 Å². The van der Waals surface area contributed by atoms with Gasteiger partial charge in [0.05, 0.1) is 0 Å². The number of likely N-dealkylation sites (tertiary alicyclic amines) is 1. The molecule has 1 aliphatic rings. The lowest BCUT2D eigenvalue weighted by atomic mass is 9.92. The van der Waals surface area contributed by atoms with E-state index >= 15 is 0 Å². The number of rotatable bonds is 3. The molecule has 0 spiro atoms. The van der Waals surface area contributed by atoms with Gasteiger partial charge < -0.3 is 10.2 Å². The summed E-state index contributed by atoms with van der Waals surface area (Å²) in [5.41, 5.74) is 0.769. The summed E-state index contributed by atoms with van der Waals surface area (Å²) >= 11 is 0. The van der Waals surface area contributed by atoms with E-state index in [4.69, 9.17) is 0 Å². The Bertz CT molecular complexity index is 476. The van der Waals surface area contributed by atoms with Crippen LogP contribution in [0.4, 0.5) is 8.78 Å². The van der Waals surface area contributed by atoms with Crippen LogP contribution in [0.15, 0.2) is 12.1 Å². The van der Waals surface area contributed by atoms with E-state index < -0.39 is 0 Å². The van der Waals surface area contributed by atoms with E-state index in [9.17, 15) is 8.78 Å². The van der Waals surface area contributed by atoms with Gasteiger partial charge in [0.1, 0.15) is 11.6 Å². The lowest BCUT2D eigenvalue weighted by Gasteiger charge is -2.37. The van der Waals surface area contributed by atoms with Gasteiger partial charge in [-0.1, -0.05) is 6.92 Å². The second-order valence-electron chi connectivity index (χ2n) is 6.15. The van der Waals surface area contributed by atoms with Crippen LogP contribution in [0, 0.1) is 24.5 Å². The van der Waals surface area contributed by atoms with Crippen molar-refractivity contribution in [2.45, 2.75) is 39.3 Å². The second-order valence-corrected chi connectivity index (χ2v) is 6.15. The first kappa shape index (κ1) is 15.4. The van der Waals surface area contributed by atoms with Crippen LogP contribution in [0.5, 0.6) is 0 Å². The minimum Gasteiger partial charge on any atom is -0.307 e. The molecule has 3 atom stereocenters. The molecule has 4 heteroatoms. The zero-order valence-corrected chi connectivity index (χ0v) is 12.7. The van der Waals surface area contributed by atoms with Crippen molar-refractivity contribution >= 4 is 0 Å². The Hall–Kier alpha value is -1.00. The van der Waals surface area contributed by atoms with E-state index in [1.54, 1.807) is 6.92 Å². The van der Waals surface area contributed by atoms with Crippen LogP contribution in [0.1, 0.15) is 37.4 Å². The fourth-order valence-corrected chi connectivity index (χ4v) is 3.01. The minimum absolute atomic E-state index is 0.180. The number of nitrogens with one attached hydrogen (secondary N) is 1. The molecule has 1 aromatic carbocycles. The third-order valence-corrected chi connectivity index (χ3v) is 4.32. The molecule has 0 radical (unpaired) electrons. The van der Waals surface area contributed by atoms with Gasteiger partial charge in [0.25, 0.3) is 0 Å². The lowest BCUT2D eigenvalue weighted by Crippen LogP contribution is -2.47. The summed E-state index contributed by atoms with van der Waals surface area (Å²) in [5, 5.41) is 3.46. The van der Waals surface area contributed by atoms with E-state index in [0.717, 1.165) is 19.5 Å². The minimum atomic E-state index is -0.341. The van der Waals surface area contributed by atoms with Gasteiger partial charge in [-0.25, -0.2) is 8.78 Å². The first-order valence-corrected chi connectivity index (χ1v) is 7.28. The van der Waals surface area contributed by atoms with Crippen molar-refractivity contribution < 1.29 is 8.78 Å². The summed E-state index contributed by atoms with van der Waals surface area (Å²) in [5.74, 6) is -0.162. The van der Waals surface area contributed by atoms with Gasteiger partial charge >= 0.3 is 0 Å². The van der Waals surface area contributed by atoms with Crippen LogP contribution in [0.2, 0.25) is 0 Å². The largest absolute Gasteiger partial charge is 0.307 e. The quantitative estimate of drug-likeness (QED) is 0.915. The number of nitrogens with zero attached hydrogens (tertiary/aromatic N) is 1. The van der Waals surface area contributed by atoms with Gasteiger partial charge in [-0.2, -0.15) is 0 Å². The number of halogens is 2. The molecule has 1 fully saturated rings. The fourth-order valence-electron chi connectivity index (χ4n) is 3.01. The van der Waals surface area contributed by atoms with Crippen molar-refractivity contribution in [3.05, 3.63) is 34.9 Å². The van der Waals surface area contributed by atoms with Crippen LogP contribution in [-0.2, 0) is 0 Å². The molecule has 0 saturated carbocycles. The topological polar surface area (TPSA) is 15.3 Å². The molecule has 1 N–H and O–H groups in total. The Kier molecular flexibility index (Phi) is 4.76. The van der Waals surface area contributed by atoms with Crippen molar-refractivity contribution in [2.24, 2.45) is 5.92 Å². The molecule has 0 aliphatic carbocycles. The van der Waals surface area contributed by atoms with Crippen LogP contribution in [-0.4, -0.2) is 31.1 Å². The Morgan fingerprint density at radius 2 is 2.00 bits per heavy atom. The molecule has 0 bridgehead atoms. The van der Waals surface area contributed by atoms with Crippen LogP contribution in [0.3, 0.4) is 0 Å². The molecule has 1 aromatic rings. The third kappa shape index (κ3) is 3.36. The normalized spacial score (nSPS) is 25.7. The summed E-state index contributed by atoms with van der Waals surface area (Å²) in [6, 6.07) is 2.77. The summed E-state index contributed by atoms with van der Waals surface area (Å²) in [7, 11) is 2.12. The number of piperidine rings is 1. The maximum atomic E-state index is 14.0. The highest BCUT2D eigenvalue weighted by Gasteiger charge is 2.26. The Balaban J connectivity index is 2.08. The fraction of sp³-hybridized carbons (Fsp3) is 0.625. The molecule has 1 heterocycles. The average molecular weight is 282 g/mol. The van der Waals surface area contributed by atoms with E-state index in [2.05, 4.69) is 24.2 Å². The predicted molar refractivity (Wildman–Crippen MR) is 77.7 cm³/mol. The second kappa shape index (κ2) is 6.19. The molecule has 1 aliphatic heterocycles. The summed E-state index contributed by atoms with van der Waals surface area (Å²) in [4.78, 5) is 2.31. The van der Waals surface area contributed by atoms with Gasteiger partial charge in [0.2, 0.25) is 0 Å². The maximum absolute atomic E-state index is 14.0. The summed E-state index contributed by atoms with van der Waals surface area (Å²) < 4.78 is 27.6. The van der Waals surface area contributed by atoms with E-state index in [1.165, 1.54) is 12.1 Å². The molecular formula is C16H24F2N2. The smallest absolute Gasteiger partial charge is 0.128 e. The predicted octanol–water partition coefficient (Wildman–Crippen LogP) is 3.26.